The molecule has 5 nitrogen and oxygen atoms in total. The molecule has 1 unspecified atom stereocenters. The van der Waals surface area contributed by atoms with E-state index in [1.807, 2.05) is 54.6 Å². The highest BCUT2D eigenvalue weighted by Crippen LogP contribution is 2.18. The summed E-state index contributed by atoms with van der Waals surface area (Å²) in [6, 6.07) is 16.2. The largest absolute Gasteiger partial charge is 0.491 e. The van der Waals surface area contributed by atoms with Crippen LogP contribution in [0.1, 0.15) is 30.0 Å². The minimum absolute atomic E-state index is 0.198. The van der Waals surface area contributed by atoms with Crippen molar-refractivity contribution >= 4 is 5.97 Å². The summed E-state index contributed by atoms with van der Waals surface area (Å²) in [6.45, 7) is 1.87. The Balaban J connectivity index is 1.52. The van der Waals surface area contributed by atoms with Gasteiger partial charge in [0, 0.05) is 13.2 Å². The van der Waals surface area contributed by atoms with Gasteiger partial charge in [0.2, 0.25) is 0 Å². The average Bonchev–Trinajstić information content (AvgIpc) is 3.15. The van der Waals surface area contributed by atoms with Crippen LogP contribution in [-0.4, -0.2) is 30.4 Å². The Morgan fingerprint density at radius 2 is 1.96 bits per heavy atom. The summed E-state index contributed by atoms with van der Waals surface area (Å²) in [7, 11) is 0. The number of carboxylic acid groups (broad SMARTS) is 1. The van der Waals surface area contributed by atoms with Gasteiger partial charge in [-0.25, -0.2) is 0 Å². The van der Waals surface area contributed by atoms with E-state index in [4.69, 9.17) is 9.47 Å². The molecule has 25 heavy (non-hydrogen) atoms. The number of rotatable bonds is 8. The number of hydrogen-bond acceptors (Lipinski definition) is 4. The monoisotopic (exact) mass is 341 g/mol. The lowest BCUT2D eigenvalue weighted by molar-refractivity contribution is -0.139. The maximum Gasteiger partial charge on any atom is 0.325 e. The van der Waals surface area contributed by atoms with Crippen LogP contribution in [0.15, 0.2) is 54.6 Å². The van der Waals surface area contributed by atoms with Gasteiger partial charge >= 0.3 is 5.97 Å². The smallest absolute Gasteiger partial charge is 0.325 e. The molecule has 0 bridgehead atoms. The van der Waals surface area contributed by atoms with Crippen LogP contribution in [0.25, 0.3) is 0 Å². The number of carbonyl (C=O) groups is 1. The summed E-state index contributed by atoms with van der Waals surface area (Å²) >= 11 is 0. The Morgan fingerprint density at radius 1 is 1.20 bits per heavy atom. The quantitative estimate of drug-likeness (QED) is 0.772. The molecule has 2 atom stereocenters. The fourth-order valence-electron chi connectivity index (χ4n) is 2.88. The van der Waals surface area contributed by atoms with Gasteiger partial charge in [-0.2, -0.15) is 0 Å². The van der Waals surface area contributed by atoms with Gasteiger partial charge in [-0.15, -0.1) is 0 Å². The zero-order valence-corrected chi connectivity index (χ0v) is 14.1. The highest BCUT2D eigenvalue weighted by atomic mass is 16.5. The van der Waals surface area contributed by atoms with Crippen molar-refractivity contribution in [1.82, 2.24) is 5.32 Å². The van der Waals surface area contributed by atoms with Crippen LogP contribution in [-0.2, 0) is 16.1 Å². The lowest BCUT2D eigenvalue weighted by Gasteiger charge is -2.15. The van der Waals surface area contributed by atoms with Gasteiger partial charge < -0.3 is 14.6 Å². The van der Waals surface area contributed by atoms with Crippen LogP contribution >= 0.6 is 0 Å². The Bertz CT molecular complexity index is 666. The fraction of sp³-hybridized carbons (Fsp3) is 0.350. The van der Waals surface area contributed by atoms with Crippen molar-refractivity contribution in [3.63, 3.8) is 0 Å². The zero-order chi connectivity index (χ0) is 17.5. The van der Waals surface area contributed by atoms with Crippen molar-refractivity contribution < 1.29 is 19.4 Å². The van der Waals surface area contributed by atoms with Crippen molar-refractivity contribution in [2.24, 2.45) is 0 Å². The van der Waals surface area contributed by atoms with Crippen molar-refractivity contribution in [3.8, 4) is 5.75 Å². The summed E-state index contributed by atoms with van der Waals surface area (Å²) < 4.78 is 11.3. The first kappa shape index (κ1) is 17.5. The Hall–Kier alpha value is -2.37. The third kappa shape index (κ3) is 5.05. The van der Waals surface area contributed by atoms with Crippen LogP contribution in [0.3, 0.4) is 0 Å². The number of aliphatic carboxylic acids is 1. The van der Waals surface area contributed by atoms with E-state index in [2.05, 4.69) is 5.32 Å². The molecule has 2 aromatic rings. The van der Waals surface area contributed by atoms with E-state index < -0.39 is 12.0 Å². The Kier molecular flexibility index (Phi) is 6.04. The fourth-order valence-corrected chi connectivity index (χ4v) is 2.88. The first-order valence-electron chi connectivity index (χ1n) is 8.57. The van der Waals surface area contributed by atoms with Crippen LogP contribution in [0.2, 0.25) is 0 Å². The molecule has 2 N–H and O–H groups in total. The van der Waals surface area contributed by atoms with E-state index in [0.717, 1.165) is 36.3 Å². The first-order chi connectivity index (χ1) is 12.2. The maximum atomic E-state index is 11.5. The molecule has 0 aliphatic carbocycles. The molecule has 0 saturated carbocycles. The normalized spacial score (nSPS) is 18.0. The first-order valence-corrected chi connectivity index (χ1v) is 8.57. The number of carboxylic acids is 1. The minimum Gasteiger partial charge on any atom is -0.491 e. The second-order valence-corrected chi connectivity index (χ2v) is 6.15. The lowest BCUT2D eigenvalue weighted by atomic mass is 10.1. The summed E-state index contributed by atoms with van der Waals surface area (Å²) in [5, 5.41) is 12.5. The van der Waals surface area contributed by atoms with E-state index in [9.17, 15) is 9.90 Å². The minimum atomic E-state index is -0.886. The molecule has 2 aromatic carbocycles. The van der Waals surface area contributed by atoms with E-state index in [1.54, 1.807) is 0 Å². The molecule has 0 radical (unpaired) electrons. The van der Waals surface area contributed by atoms with Crippen molar-refractivity contribution in [3.05, 3.63) is 65.7 Å². The van der Waals surface area contributed by atoms with Gasteiger partial charge in [-0.3, -0.25) is 10.1 Å². The third-order valence-electron chi connectivity index (χ3n) is 4.27. The molecule has 1 fully saturated rings. The lowest BCUT2D eigenvalue weighted by Crippen LogP contribution is -2.28. The predicted octanol–water partition coefficient (Wildman–Crippen LogP) is 3.16. The topological polar surface area (TPSA) is 67.8 Å². The molecular weight excluding hydrogens is 318 g/mol. The van der Waals surface area contributed by atoms with Gasteiger partial charge in [0.25, 0.3) is 0 Å². The van der Waals surface area contributed by atoms with Gasteiger partial charge in [-0.1, -0.05) is 42.5 Å². The average molecular weight is 341 g/mol. The SMILES string of the molecule is O=C(O)[C@H](NCc1ccc(OCC2CCCO2)cc1)c1ccccc1. The van der Waals surface area contributed by atoms with Crippen molar-refractivity contribution in [1.29, 1.82) is 0 Å². The predicted molar refractivity (Wildman–Crippen MR) is 94.6 cm³/mol. The van der Waals surface area contributed by atoms with Crippen LogP contribution < -0.4 is 10.1 Å². The third-order valence-corrected chi connectivity index (χ3v) is 4.27. The Morgan fingerprint density at radius 3 is 2.60 bits per heavy atom. The summed E-state index contributed by atoms with van der Waals surface area (Å²) in [6.07, 6.45) is 2.35. The number of nitrogens with one attached hydrogen (secondary N) is 1. The Labute approximate surface area is 147 Å². The van der Waals surface area contributed by atoms with Crippen LogP contribution in [0.4, 0.5) is 0 Å². The molecule has 5 heteroatoms. The molecular formula is C20H23NO4. The van der Waals surface area contributed by atoms with E-state index in [1.165, 1.54) is 0 Å². The number of ether oxygens (including phenoxy) is 2. The van der Waals surface area contributed by atoms with Gasteiger partial charge in [0.05, 0.1) is 6.10 Å². The van der Waals surface area contributed by atoms with Crippen molar-refractivity contribution in [2.75, 3.05) is 13.2 Å². The highest BCUT2D eigenvalue weighted by Gasteiger charge is 2.19. The highest BCUT2D eigenvalue weighted by molar-refractivity contribution is 5.75. The summed E-state index contributed by atoms with van der Waals surface area (Å²) in [5.41, 5.74) is 1.75. The van der Waals surface area contributed by atoms with E-state index in [-0.39, 0.29) is 6.10 Å². The second-order valence-electron chi connectivity index (χ2n) is 6.15. The standard InChI is InChI=1S/C20H23NO4/c22-20(23)19(16-5-2-1-3-6-16)21-13-15-8-10-17(11-9-15)25-14-18-7-4-12-24-18/h1-3,5-6,8-11,18-19,21H,4,7,12-14H2,(H,22,23)/t18?,19-/m1/s1. The number of benzene rings is 2. The molecule has 0 spiro atoms. The molecule has 1 saturated heterocycles. The molecule has 132 valence electrons. The zero-order valence-electron chi connectivity index (χ0n) is 14.1. The molecule has 0 aromatic heterocycles. The van der Waals surface area contributed by atoms with Gasteiger partial charge in [0.15, 0.2) is 0 Å². The van der Waals surface area contributed by atoms with Crippen LogP contribution in [0, 0.1) is 0 Å². The van der Waals surface area contributed by atoms with Gasteiger partial charge in [-0.05, 0) is 36.1 Å². The van der Waals surface area contributed by atoms with E-state index in [0.29, 0.717) is 13.2 Å². The summed E-state index contributed by atoms with van der Waals surface area (Å²) in [5.74, 6) is -0.0835. The molecule has 1 aliphatic heterocycles. The second kappa shape index (κ2) is 8.65. The molecule has 3 rings (SSSR count). The van der Waals surface area contributed by atoms with E-state index >= 15 is 0 Å². The molecule has 1 heterocycles. The molecule has 1 aliphatic rings. The van der Waals surface area contributed by atoms with Gasteiger partial charge in [0.1, 0.15) is 18.4 Å². The molecule has 0 amide bonds. The summed E-state index contributed by atoms with van der Waals surface area (Å²) in [4.78, 5) is 11.5. The maximum absolute atomic E-state index is 11.5. The van der Waals surface area contributed by atoms with Crippen LogP contribution in [0.5, 0.6) is 5.75 Å². The van der Waals surface area contributed by atoms with Crippen molar-refractivity contribution in [2.45, 2.75) is 31.5 Å². The number of hydrogen-bond donors (Lipinski definition) is 2.